The highest BCUT2D eigenvalue weighted by Crippen LogP contribution is 2.18. The number of ketones is 1. The Labute approximate surface area is 184 Å². The number of nitrogens with zero attached hydrogens (tertiary/aromatic N) is 4. The van der Waals surface area contributed by atoms with Crippen LogP contribution in [0.15, 0.2) is 66.7 Å². The fourth-order valence-corrected chi connectivity index (χ4v) is 2.95. The van der Waals surface area contributed by atoms with Gasteiger partial charge < -0.3 is 14.8 Å². The van der Waals surface area contributed by atoms with Crippen molar-refractivity contribution in [3.05, 3.63) is 72.3 Å². The van der Waals surface area contributed by atoms with Crippen LogP contribution >= 0.6 is 0 Å². The van der Waals surface area contributed by atoms with E-state index in [1.807, 2.05) is 30.3 Å². The van der Waals surface area contributed by atoms with E-state index in [0.717, 1.165) is 5.56 Å². The largest absolute Gasteiger partial charge is 0.484 e. The maximum Gasteiger partial charge on any atom is 0.258 e. The first-order valence-electron chi connectivity index (χ1n) is 10.0. The van der Waals surface area contributed by atoms with Gasteiger partial charge in [-0.05, 0) is 37.3 Å². The molecule has 0 atom stereocenters. The lowest BCUT2D eigenvalue weighted by molar-refractivity contribution is -0.123. The molecule has 32 heavy (non-hydrogen) atoms. The molecule has 0 aliphatic rings. The van der Waals surface area contributed by atoms with Gasteiger partial charge in [-0.15, -0.1) is 15.3 Å². The average molecular weight is 431 g/mol. The summed E-state index contributed by atoms with van der Waals surface area (Å²) in [5.41, 5.74) is 2.10. The van der Waals surface area contributed by atoms with Gasteiger partial charge in [0.25, 0.3) is 5.91 Å². The first kappa shape index (κ1) is 21.0. The number of benzene rings is 2. The predicted molar refractivity (Wildman–Crippen MR) is 117 cm³/mol. The van der Waals surface area contributed by atoms with Crippen molar-refractivity contribution in [2.45, 2.75) is 6.92 Å². The minimum absolute atomic E-state index is 0.0245. The van der Waals surface area contributed by atoms with Gasteiger partial charge in [-0.3, -0.25) is 9.59 Å². The summed E-state index contributed by atoms with van der Waals surface area (Å²) in [6, 6.07) is 19.7. The maximum atomic E-state index is 12.0. The van der Waals surface area contributed by atoms with Crippen molar-refractivity contribution in [1.82, 2.24) is 25.1 Å². The zero-order valence-electron chi connectivity index (χ0n) is 17.4. The Balaban J connectivity index is 1.25. The monoisotopic (exact) mass is 431 g/mol. The van der Waals surface area contributed by atoms with E-state index in [-0.39, 0.29) is 24.9 Å². The van der Waals surface area contributed by atoms with Gasteiger partial charge >= 0.3 is 0 Å². The highest BCUT2D eigenvalue weighted by atomic mass is 16.5. The summed E-state index contributed by atoms with van der Waals surface area (Å²) in [5.74, 6) is 1.22. The van der Waals surface area contributed by atoms with Crippen LogP contribution in [0, 0.1) is 0 Å². The predicted octanol–water partition coefficient (Wildman–Crippen LogP) is 2.57. The lowest BCUT2D eigenvalue weighted by Crippen LogP contribution is -2.32. The summed E-state index contributed by atoms with van der Waals surface area (Å²) in [4.78, 5) is 23.2. The number of ether oxygens (including phenoxy) is 2. The fraction of sp³-hybridized carbons (Fsp3) is 0.174. The molecule has 0 spiro atoms. The lowest BCUT2D eigenvalue weighted by atomic mass is 10.1. The molecule has 4 aromatic rings. The van der Waals surface area contributed by atoms with Crippen LogP contribution in [0.1, 0.15) is 17.3 Å². The lowest BCUT2D eigenvalue weighted by Gasteiger charge is -2.09. The Morgan fingerprint density at radius 2 is 1.72 bits per heavy atom. The molecule has 0 fully saturated rings. The Bertz CT molecular complexity index is 1220. The molecule has 0 bridgehead atoms. The van der Waals surface area contributed by atoms with Gasteiger partial charge in [-0.1, -0.05) is 30.3 Å². The van der Waals surface area contributed by atoms with E-state index in [9.17, 15) is 9.59 Å². The van der Waals surface area contributed by atoms with Crippen molar-refractivity contribution < 1.29 is 19.1 Å². The van der Waals surface area contributed by atoms with Crippen LogP contribution in [0.25, 0.3) is 17.0 Å². The van der Waals surface area contributed by atoms with Gasteiger partial charge in [0.05, 0.1) is 6.54 Å². The van der Waals surface area contributed by atoms with Crippen LogP contribution in [-0.4, -0.2) is 51.3 Å². The summed E-state index contributed by atoms with van der Waals surface area (Å²) in [6.07, 6.45) is 0. The number of amides is 1. The number of hydrogen-bond acceptors (Lipinski definition) is 7. The third-order valence-corrected chi connectivity index (χ3v) is 4.58. The standard InChI is InChI=1S/C23H21N5O4/c1-16(29)17-7-9-19(10-8-17)32-15-21(30)24-13-14-31-22-12-11-20-25-26-23(28(20)27-22)18-5-3-2-4-6-18/h2-12H,13-15H2,1H3,(H,24,30). The zero-order valence-corrected chi connectivity index (χ0v) is 17.4. The van der Waals surface area contributed by atoms with Crippen LogP contribution in [0.5, 0.6) is 11.6 Å². The molecule has 0 aliphatic heterocycles. The molecular formula is C23H21N5O4. The molecule has 9 nitrogen and oxygen atoms in total. The number of fused-ring (bicyclic) bond motifs is 1. The summed E-state index contributed by atoms with van der Waals surface area (Å²) >= 11 is 0. The number of nitrogens with one attached hydrogen (secondary N) is 1. The van der Waals surface area contributed by atoms with Crippen LogP contribution in [0.4, 0.5) is 0 Å². The Kier molecular flexibility index (Phi) is 6.35. The van der Waals surface area contributed by atoms with Crippen LogP contribution in [0.2, 0.25) is 0 Å². The third-order valence-electron chi connectivity index (χ3n) is 4.58. The topological polar surface area (TPSA) is 108 Å². The van der Waals surface area contributed by atoms with Crippen molar-refractivity contribution in [2.75, 3.05) is 19.8 Å². The third kappa shape index (κ3) is 5.07. The normalized spacial score (nSPS) is 10.7. The van der Waals surface area contributed by atoms with Crippen LogP contribution in [-0.2, 0) is 4.79 Å². The van der Waals surface area contributed by atoms with Crippen molar-refractivity contribution in [3.8, 4) is 23.0 Å². The number of hydrogen-bond donors (Lipinski definition) is 1. The molecule has 1 amide bonds. The van der Waals surface area contributed by atoms with Crippen LogP contribution < -0.4 is 14.8 Å². The minimum Gasteiger partial charge on any atom is -0.484 e. The SMILES string of the molecule is CC(=O)c1ccc(OCC(=O)NCCOc2ccc3nnc(-c4ccccc4)n3n2)cc1. The number of Topliss-reactive ketones (excluding diaryl/α,β-unsaturated/α-hetero) is 1. The van der Waals surface area contributed by atoms with E-state index in [2.05, 4.69) is 20.6 Å². The second-order valence-electron chi connectivity index (χ2n) is 6.90. The molecule has 4 rings (SSSR count). The number of aromatic nitrogens is 4. The van der Waals surface area contributed by atoms with Crippen molar-refractivity contribution >= 4 is 17.3 Å². The zero-order chi connectivity index (χ0) is 22.3. The molecule has 2 aromatic heterocycles. The average Bonchev–Trinajstić information content (AvgIpc) is 3.24. The highest BCUT2D eigenvalue weighted by molar-refractivity contribution is 5.94. The highest BCUT2D eigenvalue weighted by Gasteiger charge is 2.10. The van der Waals surface area contributed by atoms with Gasteiger partial charge in [-0.25, -0.2) is 0 Å². The summed E-state index contributed by atoms with van der Waals surface area (Å²) in [7, 11) is 0. The second-order valence-corrected chi connectivity index (χ2v) is 6.90. The van der Waals surface area contributed by atoms with Crippen molar-refractivity contribution in [1.29, 1.82) is 0 Å². The number of carbonyl (C=O) groups excluding carboxylic acids is 2. The van der Waals surface area contributed by atoms with Gasteiger partial charge in [0, 0.05) is 17.2 Å². The van der Waals surface area contributed by atoms with E-state index in [1.54, 1.807) is 40.9 Å². The minimum atomic E-state index is -0.280. The number of rotatable bonds is 9. The van der Waals surface area contributed by atoms with Gasteiger partial charge in [0.15, 0.2) is 23.9 Å². The molecule has 9 heteroatoms. The quantitative estimate of drug-likeness (QED) is 0.321. The second kappa shape index (κ2) is 9.69. The molecule has 0 saturated heterocycles. The molecule has 1 N–H and O–H groups in total. The molecule has 0 unspecified atom stereocenters. The summed E-state index contributed by atoms with van der Waals surface area (Å²) in [5, 5.41) is 15.5. The van der Waals surface area contributed by atoms with E-state index < -0.39 is 0 Å². The van der Waals surface area contributed by atoms with Crippen LogP contribution in [0.3, 0.4) is 0 Å². The smallest absolute Gasteiger partial charge is 0.258 e. The van der Waals surface area contributed by atoms with E-state index in [0.29, 0.717) is 35.2 Å². The maximum absolute atomic E-state index is 12.0. The molecular weight excluding hydrogens is 410 g/mol. The number of carbonyl (C=O) groups is 2. The molecule has 0 aliphatic carbocycles. The first-order chi connectivity index (χ1) is 15.6. The van der Waals surface area contributed by atoms with Gasteiger partial charge in [0.1, 0.15) is 12.4 Å². The molecule has 162 valence electrons. The van der Waals surface area contributed by atoms with Crippen molar-refractivity contribution in [3.63, 3.8) is 0 Å². The van der Waals surface area contributed by atoms with E-state index >= 15 is 0 Å². The first-order valence-corrected chi connectivity index (χ1v) is 10.0. The van der Waals surface area contributed by atoms with E-state index in [4.69, 9.17) is 9.47 Å². The van der Waals surface area contributed by atoms with Crippen molar-refractivity contribution in [2.24, 2.45) is 0 Å². The molecule has 2 heterocycles. The summed E-state index contributed by atoms with van der Waals surface area (Å²) in [6.45, 7) is 1.89. The molecule has 0 saturated carbocycles. The molecule has 0 radical (unpaired) electrons. The Morgan fingerprint density at radius 3 is 2.47 bits per heavy atom. The fourth-order valence-electron chi connectivity index (χ4n) is 2.95. The van der Waals surface area contributed by atoms with E-state index in [1.165, 1.54) is 6.92 Å². The van der Waals surface area contributed by atoms with Gasteiger partial charge in [-0.2, -0.15) is 4.52 Å². The Hall–Kier alpha value is -4.27. The summed E-state index contributed by atoms with van der Waals surface area (Å²) < 4.78 is 12.7. The molecule has 2 aromatic carbocycles. The van der Waals surface area contributed by atoms with Gasteiger partial charge in [0.2, 0.25) is 5.88 Å². The Morgan fingerprint density at radius 1 is 0.938 bits per heavy atom.